The van der Waals surface area contributed by atoms with Crippen molar-refractivity contribution in [2.75, 3.05) is 28.3 Å². The van der Waals surface area contributed by atoms with Crippen molar-refractivity contribution in [2.45, 2.75) is 26.3 Å². The lowest BCUT2D eigenvalue weighted by atomic mass is 10.2. The van der Waals surface area contributed by atoms with Crippen molar-refractivity contribution >= 4 is 27.4 Å². The first-order valence-corrected chi connectivity index (χ1v) is 10.4. The molecule has 1 N–H and O–H groups in total. The number of amides is 1. The van der Waals surface area contributed by atoms with E-state index in [1.165, 1.54) is 6.20 Å². The molecule has 0 spiro atoms. The summed E-state index contributed by atoms with van der Waals surface area (Å²) >= 11 is 0. The lowest BCUT2D eigenvalue weighted by Gasteiger charge is -2.21. The highest BCUT2D eigenvalue weighted by atomic mass is 32.2. The van der Waals surface area contributed by atoms with Crippen LogP contribution in [0.1, 0.15) is 29.4 Å². The van der Waals surface area contributed by atoms with Gasteiger partial charge in [-0.2, -0.15) is 0 Å². The molecule has 1 fully saturated rings. The van der Waals surface area contributed by atoms with Crippen molar-refractivity contribution in [1.82, 2.24) is 9.97 Å². The standard InChI is InChI=1S/C18H22N4O3S/c1-3-22(15-6-4-5-13(2)11-15)17(23)16-7-9-19-18(21-16)20-14-8-10-26(24,25)12-14/h4-7,9,11,14H,3,8,10,12H2,1-2H3,(H,19,20,21). The van der Waals surface area contributed by atoms with Crippen LogP contribution in [0.4, 0.5) is 11.6 Å². The van der Waals surface area contributed by atoms with E-state index in [2.05, 4.69) is 15.3 Å². The van der Waals surface area contributed by atoms with Crippen LogP contribution in [-0.4, -0.2) is 48.4 Å². The normalized spacial score (nSPS) is 18.5. The van der Waals surface area contributed by atoms with E-state index in [1.54, 1.807) is 11.0 Å². The van der Waals surface area contributed by atoms with Gasteiger partial charge in [0.05, 0.1) is 11.5 Å². The molecule has 1 amide bonds. The lowest BCUT2D eigenvalue weighted by molar-refractivity contribution is 0.0983. The fourth-order valence-corrected chi connectivity index (χ4v) is 4.69. The SMILES string of the molecule is CCN(C(=O)c1ccnc(NC2CCS(=O)(=O)C2)n1)c1cccc(C)c1. The third-order valence-corrected chi connectivity index (χ3v) is 6.08. The minimum atomic E-state index is -2.99. The first kappa shape index (κ1) is 18.3. The molecule has 1 aromatic heterocycles. The molecule has 0 radical (unpaired) electrons. The van der Waals surface area contributed by atoms with Crippen LogP contribution in [0, 0.1) is 6.92 Å². The summed E-state index contributed by atoms with van der Waals surface area (Å²) in [7, 11) is -2.99. The Morgan fingerprint density at radius 1 is 1.35 bits per heavy atom. The van der Waals surface area contributed by atoms with Gasteiger partial charge in [0.1, 0.15) is 5.69 Å². The van der Waals surface area contributed by atoms with Crippen LogP contribution in [0.25, 0.3) is 0 Å². The zero-order chi connectivity index (χ0) is 18.7. The van der Waals surface area contributed by atoms with Gasteiger partial charge in [-0.05, 0) is 44.0 Å². The molecule has 8 heteroatoms. The van der Waals surface area contributed by atoms with Crippen molar-refractivity contribution in [3.05, 3.63) is 47.8 Å². The van der Waals surface area contributed by atoms with Crippen molar-refractivity contribution in [3.8, 4) is 0 Å². The first-order chi connectivity index (χ1) is 12.4. The number of aromatic nitrogens is 2. The molecule has 3 rings (SSSR count). The summed E-state index contributed by atoms with van der Waals surface area (Å²) in [6.07, 6.45) is 2.03. The Bertz CT molecular complexity index is 914. The molecule has 0 bridgehead atoms. The Balaban J connectivity index is 1.79. The molecule has 1 aliphatic rings. The molecule has 1 aliphatic heterocycles. The number of carbonyl (C=O) groups excluding carboxylic acids is 1. The number of carbonyl (C=O) groups is 1. The summed E-state index contributed by atoms with van der Waals surface area (Å²) in [5.41, 5.74) is 2.15. The monoisotopic (exact) mass is 374 g/mol. The van der Waals surface area contributed by atoms with E-state index in [9.17, 15) is 13.2 Å². The molecule has 1 atom stereocenters. The minimum Gasteiger partial charge on any atom is -0.350 e. The van der Waals surface area contributed by atoms with E-state index in [-0.39, 0.29) is 35.1 Å². The number of sulfone groups is 1. The average molecular weight is 374 g/mol. The number of hydrogen-bond acceptors (Lipinski definition) is 6. The molecule has 26 heavy (non-hydrogen) atoms. The van der Waals surface area contributed by atoms with Gasteiger partial charge in [-0.15, -0.1) is 0 Å². The predicted octanol–water partition coefficient (Wildman–Crippen LogP) is 2.05. The van der Waals surface area contributed by atoms with Crippen molar-refractivity contribution < 1.29 is 13.2 Å². The van der Waals surface area contributed by atoms with Crippen LogP contribution < -0.4 is 10.2 Å². The Hall–Kier alpha value is -2.48. The van der Waals surface area contributed by atoms with Crippen LogP contribution in [-0.2, 0) is 9.84 Å². The number of aryl methyl sites for hydroxylation is 1. The topological polar surface area (TPSA) is 92.3 Å². The molecule has 138 valence electrons. The molecule has 2 aromatic rings. The van der Waals surface area contributed by atoms with Crippen LogP contribution in [0.15, 0.2) is 36.5 Å². The van der Waals surface area contributed by atoms with Crippen LogP contribution in [0.2, 0.25) is 0 Å². The van der Waals surface area contributed by atoms with Gasteiger partial charge in [-0.1, -0.05) is 12.1 Å². The summed E-state index contributed by atoms with van der Waals surface area (Å²) in [4.78, 5) is 23.0. The molecule has 7 nitrogen and oxygen atoms in total. The van der Waals surface area contributed by atoms with Gasteiger partial charge in [0.15, 0.2) is 9.84 Å². The van der Waals surface area contributed by atoms with Crippen molar-refractivity contribution in [2.24, 2.45) is 0 Å². The highest BCUT2D eigenvalue weighted by Gasteiger charge is 2.28. The Morgan fingerprint density at radius 2 is 2.15 bits per heavy atom. The molecule has 1 saturated heterocycles. The van der Waals surface area contributed by atoms with Gasteiger partial charge in [0, 0.05) is 24.5 Å². The minimum absolute atomic E-state index is 0.0684. The summed E-state index contributed by atoms with van der Waals surface area (Å²) < 4.78 is 23.2. The maximum Gasteiger partial charge on any atom is 0.277 e. The van der Waals surface area contributed by atoms with Crippen LogP contribution in [0.5, 0.6) is 0 Å². The van der Waals surface area contributed by atoms with Gasteiger partial charge in [0.2, 0.25) is 5.95 Å². The second-order valence-electron chi connectivity index (χ2n) is 6.40. The smallest absolute Gasteiger partial charge is 0.277 e. The molecule has 2 heterocycles. The second kappa shape index (κ2) is 7.41. The van der Waals surface area contributed by atoms with Crippen molar-refractivity contribution in [1.29, 1.82) is 0 Å². The zero-order valence-electron chi connectivity index (χ0n) is 14.8. The van der Waals surface area contributed by atoms with Crippen LogP contribution in [0.3, 0.4) is 0 Å². The van der Waals surface area contributed by atoms with Crippen LogP contribution >= 0.6 is 0 Å². The third-order valence-electron chi connectivity index (χ3n) is 4.32. The Kier molecular flexibility index (Phi) is 5.22. The van der Waals surface area contributed by atoms with Gasteiger partial charge >= 0.3 is 0 Å². The fourth-order valence-electron chi connectivity index (χ4n) is 3.02. The molecule has 1 aromatic carbocycles. The number of rotatable bonds is 5. The van der Waals surface area contributed by atoms with Crippen molar-refractivity contribution in [3.63, 3.8) is 0 Å². The maximum atomic E-state index is 12.9. The summed E-state index contributed by atoms with van der Waals surface area (Å²) in [5.74, 6) is 0.292. The van der Waals surface area contributed by atoms with E-state index in [1.807, 2.05) is 38.1 Å². The molecular formula is C18H22N4O3S. The number of nitrogens with one attached hydrogen (secondary N) is 1. The number of benzene rings is 1. The average Bonchev–Trinajstić information content (AvgIpc) is 2.94. The zero-order valence-corrected chi connectivity index (χ0v) is 15.7. The Labute approximate surface area is 153 Å². The molecule has 0 saturated carbocycles. The quantitative estimate of drug-likeness (QED) is 0.861. The molecule has 0 aliphatic carbocycles. The second-order valence-corrected chi connectivity index (χ2v) is 8.63. The summed E-state index contributed by atoms with van der Waals surface area (Å²) in [6.45, 7) is 4.39. The van der Waals surface area contributed by atoms with Gasteiger partial charge in [0.25, 0.3) is 5.91 Å². The Morgan fingerprint density at radius 3 is 2.81 bits per heavy atom. The van der Waals surface area contributed by atoms with E-state index < -0.39 is 9.84 Å². The fraction of sp³-hybridized carbons (Fsp3) is 0.389. The summed E-state index contributed by atoms with van der Waals surface area (Å²) in [5, 5.41) is 3.03. The summed E-state index contributed by atoms with van der Waals surface area (Å²) in [6, 6.07) is 9.07. The number of hydrogen-bond donors (Lipinski definition) is 1. The van der Waals surface area contributed by atoms with E-state index in [0.29, 0.717) is 13.0 Å². The largest absolute Gasteiger partial charge is 0.350 e. The number of anilines is 2. The van der Waals surface area contributed by atoms with E-state index in [0.717, 1.165) is 11.3 Å². The lowest BCUT2D eigenvalue weighted by Crippen LogP contribution is -2.32. The maximum absolute atomic E-state index is 12.9. The van der Waals surface area contributed by atoms with E-state index in [4.69, 9.17) is 0 Å². The number of nitrogens with zero attached hydrogens (tertiary/aromatic N) is 3. The van der Waals surface area contributed by atoms with Gasteiger partial charge in [-0.25, -0.2) is 18.4 Å². The predicted molar refractivity (Wildman–Crippen MR) is 101 cm³/mol. The highest BCUT2D eigenvalue weighted by Crippen LogP contribution is 2.19. The van der Waals surface area contributed by atoms with Gasteiger partial charge in [-0.3, -0.25) is 4.79 Å². The first-order valence-electron chi connectivity index (χ1n) is 8.56. The molecular weight excluding hydrogens is 352 g/mol. The third kappa shape index (κ3) is 4.19. The molecule has 1 unspecified atom stereocenters. The highest BCUT2D eigenvalue weighted by molar-refractivity contribution is 7.91. The van der Waals surface area contributed by atoms with Gasteiger partial charge < -0.3 is 10.2 Å². The van der Waals surface area contributed by atoms with E-state index >= 15 is 0 Å².